The molecule has 3 rings (SSSR count). The lowest BCUT2D eigenvalue weighted by Gasteiger charge is -2.50. The van der Waals surface area contributed by atoms with E-state index in [0.29, 0.717) is 6.04 Å². The summed E-state index contributed by atoms with van der Waals surface area (Å²) in [6.07, 6.45) is 6.86. The van der Waals surface area contributed by atoms with E-state index in [0.717, 1.165) is 12.0 Å². The van der Waals surface area contributed by atoms with E-state index in [-0.39, 0.29) is 0 Å². The Kier molecular flexibility index (Phi) is 6.11. The van der Waals surface area contributed by atoms with Gasteiger partial charge in [-0.15, -0.1) is 0 Å². The lowest BCUT2D eigenvalue weighted by molar-refractivity contribution is -0.00605. The second kappa shape index (κ2) is 7.61. The van der Waals surface area contributed by atoms with Crippen molar-refractivity contribution in [3.8, 4) is 0 Å². The predicted molar refractivity (Wildman–Crippen MR) is 82.6 cm³/mol. The molecular weight excluding hydrogens is 234 g/mol. The number of hydrogen-bond donors (Lipinski definition) is 1. The van der Waals surface area contributed by atoms with Crippen LogP contribution in [0.25, 0.3) is 0 Å². The topological polar surface area (TPSA) is 18.5 Å². The summed E-state index contributed by atoms with van der Waals surface area (Å²) in [5, 5.41) is 3.63. The monoisotopic (exact) mass is 267 g/mol. The van der Waals surface area contributed by atoms with Crippen molar-refractivity contribution in [3.05, 3.63) is 0 Å². The molecule has 0 aromatic carbocycles. The molecule has 3 heteroatoms. The molecule has 112 valence electrons. The highest BCUT2D eigenvalue weighted by Crippen LogP contribution is 2.25. The molecule has 0 amide bonds. The van der Waals surface area contributed by atoms with Gasteiger partial charge in [-0.05, 0) is 19.4 Å². The predicted octanol–water partition coefficient (Wildman–Crippen LogP) is 2.18. The van der Waals surface area contributed by atoms with Crippen molar-refractivity contribution in [3.63, 3.8) is 0 Å². The van der Waals surface area contributed by atoms with Gasteiger partial charge in [-0.25, -0.2) is 0 Å². The third-order valence-corrected chi connectivity index (χ3v) is 5.29. The number of nitrogens with one attached hydrogen (secondary N) is 1. The summed E-state index contributed by atoms with van der Waals surface area (Å²) in [5.41, 5.74) is 0. The molecule has 19 heavy (non-hydrogen) atoms. The number of rotatable bonds is 8. The van der Waals surface area contributed by atoms with E-state index in [1.165, 1.54) is 64.8 Å². The van der Waals surface area contributed by atoms with Crippen molar-refractivity contribution in [2.24, 2.45) is 5.92 Å². The molecule has 3 nitrogen and oxygen atoms in total. The Morgan fingerprint density at radius 1 is 1.16 bits per heavy atom. The van der Waals surface area contributed by atoms with Crippen LogP contribution in [-0.2, 0) is 0 Å². The first kappa shape index (κ1) is 15.3. The van der Waals surface area contributed by atoms with Gasteiger partial charge in [-0.2, -0.15) is 0 Å². The molecule has 3 aliphatic rings. The summed E-state index contributed by atoms with van der Waals surface area (Å²) in [4.78, 5) is 5.38. The Morgan fingerprint density at radius 3 is 2.37 bits per heavy atom. The van der Waals surface area contributed by atoms with E-state index >= 15 is 0 Å². The number of hydrogen-bond acceptors (Lipinski definition) is 3. The van der Waals surface area contributed by atoms with Crippen molar-refractivity contribution in [2.75, 3.05) is 39.8 Å². The molecule has 0 aromatic heterocycles. The van der Waals surface area contributed by atoms with Crippen LogP contribution in [0.2, 0.25) is 0 Å². The maximum Gasteiger partial charge on any atom is 0.0377 e. The molecule has 3 unspecified atom stereocenters. The van der Waals surface area contributed by atoms with Crippen molar-refractivity contribution in [2.45, 2.75) is 58.0 Å². The fourth-order valence-electron chi connectivity index (χ4n) is 3.85. The molecule has 3 fully saturated rings. The van der Waals surface area contributed by atoms with Crippen LogP contribution in [0.5, 0.6) is 0 Å². The maximum atomic E-state index is 3.63. The molecule has 2 bridgehead atoms. The molecule has 0 spiro atoms. The quantitative estimate of drug-likeness (QED) is 0.727. The molecular formula is C16H33N3. The van der Waals surface area contributed by atoms with E-state index in [2.05, 4.69) is 36.0 Å². The fraction of sp³-hybridized carbons (Fsp3) is 1.00. The molecule has 0 radical (unpaired) electrons. The van der Waals surface area contributed by atoms with E-state index in [9.17, 15) is 0 Å². The molecule has 3 aliphatic heterocycles. The van der Waals surface area contributed by atoms with Gasteiger partial charge >= 0.3 is 0 Å². The van der Waals surface area contributed by atoms with Crippen molar-refractivity contribution < 1.29 is 0 Å². The molecule has 0 aliphatic carbocycles. The second-order valence-electron chi connectivity index (χ2n) is 6.45. The molecule has 1 N–H and O–H groups in total. The van der Waals surface area contributed by atoms with Crippen LogP contribution in [0.3, 0.4) is 0 Å². The van der Waals surface area contributed by atoms with Gasteiger partial charge in [0, 0.05) is 44.8 Å². The van der Waals surface area contributed by atoms with E-state index in [1.807, 2.05) is 0 Å². The average molecular weight is 267 g/mol. The van der Waals surface area contributed by atoms with Crippen LogP contribution in [-0.4, -0.2) is 61.7 Å². The van der Waals surface area contributed by atoms with Gasteiger partial charge < -0.3 is 5.32 Å². The van der Waals surface area contributed by atoms with Gasteiger partial charge in [0.05, 0.1) is 0 Å². The average Bonchev–Trinajstić information content (AvgIpc) is 2.49. The first-order chi connectivity index (χ1) is 9.28. The van der Waals surface area contributed by atoms with Crippen molar-refractivity contribution >= 4 is 0 Å². The zero-order valence-electron chi connectivity index (χ0n) is 13.2. The van der Waals surface area contributed by atoms with E-state index in [1.54, 1.807) is 0 Å². The minimum absolute atomic E-state index is 0.685. The SMILES string of the molecule is CCCCC(CC)CC(NC)C1CN2CCN1CC2. The second-order valence-corrected chi connectivity index (χ2v) is 6.45. The molecule has 3 atom stereocenters. The normalized spacial score (nSPS) is 33.3. The molecule has 0 aromatic rings. The summed E-state index contributed by atoms with van der Waals surface area (Å²) in [7, 11) is 2.16. The zero-order valence-corrected chi connectivity index (χ0v) is 13.2. The van der Waals surface area contributed by atoms with Crippen molar-refractivity contribution in [1.29, 1.82) is 0 Å². The summed E-state index contributed by atoms with van der Waals surface area (Å²) in [6.45, 7) is 11.1. The number of likely N-dealkylation sites (N-methyl/N-ethyl adjacent to an activating group) is 1. The molecule has 3 saturated heterocycles. The highest BCUT2D eigenvalue weighted by molar-refractivity contribution is 4.95. The highest BCUT2D eigenvalue weighted by Gasteiger charge is 2.36. The number of piperazine rings is 3. The zero-order chi connectivity index (χ0) is 13.7. The van der Waals surface area contributed by atoms with Gasteiger partial charge in [0.1, 0.15) is 0 Å². The smallest absolute Gasteiger partial charge is 0.0377 e. The minimum Gasteiger partial charge on any atom is -0.315 e. The van der Waals surface area contributed by atoms with Gasteiger partial charge in [-0.1, -0.05) is 39.5 Å². The summed E-state index contributed by atoms with van der Waals surface area (Å²) >= 11 is 0. The van der Waals surface area contributed by atoms with Crippen LogP contribution >= 0.6 is 0 Å². The Hall–Kier alpha value is -0.120. The summed E-state index contributed by atoms with van der Waals surface area (Å²) < 4.78 is 0. The number of unbranched alkanes of at least 4 members (excludes halogenated alkanes) is 1. The Morgan fingerprint density at radius 2 is 1.89 bits per heavy atom. The Bertz CT molecular complexity index is 248. The summed E-state index contributed by atoms with van der Waals surface area (Å²) in [5.74, 6) is 0.911. The van der Waals surface area contributed by atoms with Gasteiger partial charge in [-0.3, -0.25) is 9.80 Å². The minimum atomic E-state index is 0.685. The highest BCUT2D eigenvalue weighted by atomic mass is 15.4. The number of fused-ring (bicyclic) bond motifs is 3. The van der Waals surface area contributed by atoms with Gasteiger partial charge in [0.25, 0.3) is 0 Å². The van der Waals surface area contributed by atoms with Crippen molar-refractivity contribution in [1.82, 2.24) is 15.1 Å². The largest absolute Gasteiger partial charge is 0.315 e. The third-order valence-electron chi connectivity index (χ3n) is 5.29. The number of nitrogens with zero attached hydrogens (tertiary/aromatic N) is 2. The van der Waals surface area contributed by atoms with Crippen LogP contribution in [0, 0.1) is 5.92 Å². The van der Waals surface area contributed by atoms with Crippen LogP contribution in [0.15, 0.2) is 0 Å². The standard InChI is InChI=1S/C16H33N3/c1-4-6-7-14(5-2)12-15(17-3)16-13-18-8-10-19(16)11-9-18/h14-17H,4-13H2,1-3H3. The molecule has 3 heterocycles. The van der Waals surface area contributed by atoms with Crippen LogP contribution < -0.4 is 5.32 Å². The van der Waals surface area contributed by atoms with E-state index in [4.69, 9.17) is 0 Å². The Balaban J connectivity index is 1.88. The Labute approximate surface area is 119 Å². The lowest BCUT2D eigenvalue weighted by Crippen LogP contribution is -2.66. The molecule has 0 saturated carbocycles. The summed E-state index contributed by atoms with van der Waals surface area (Å²) in [6, 6.07) is 1.44. The first-order valence-electron chi connectivity index (χ1n) is 8.42. The van der Waals surface area contributed by atoms with E-state index < -0.39 is 0 Å². The lowest BCUT2D eigenvalue weighted by atomic mass is 9.87. The fourth-order valence-corrected chi connectivity index (χ4v) is 3.85. The third kappa shape index (κ3) is 3.93. The van der Waals surface area contributed by atoms with Crippen LogP contribution in [0.4, 0.5) is 0 Å². The van der Waals surface area contributed by atoms with Crippen LogP contribution in [0.1, 0.15) is 46.0 Å². The van der Waals surface area contributed by atoms with Gasteiger partial charge in [0.15, 0.2) is 0 Å². The maximum absolute atomic E-state index is 3.63. The first-order valence-corrected chi connectivity index (χ1v) is 8.42. The van der Waals surface area contributed by atoms with Gasteiger partial charge in [0.2, 0.25) is 0 Å².